The molecule has 0 fully saturated rings. The third-order valence-corrected chi connectivity index (χ3v) is 2.67. The quantitative estimate of drug-likeness (QED) is 0.342. The number of thioether (sulfide) groups is 1. The maximum absolute atomic E-state index is 5.48. The Kier molecular flexibility index (Phi) is 6.77. The number of alkyl halides is 1. The van der Waals surface area contributed by atoms with Gasteiger partial charge in [-0.1, -0.05) is 13.0 Å². The largest absolute Gasteiger partial charge is 0.160 e. The number of hydrogen-bond acceptors (Lipinski definition) is 1. The van der Waals surface area contributed by atoms with Crippen LogP contribution < -0.4 is 0 Å². The molecule has 0 bridgehead atoms. The van der Waals surface area contributed by atoms with E-state index in [1.807, 2.05) is 17.8 Å². The van der Waals surface area contributed by atoms with Gasteiger partial charge in [0, 0.05) is 11.6 Å². The summed E-state index contributed by atoms with van der Waals surface area (Å²) >= 11 is 7.36. The van der Waals surface area contributed by atoms with Crippen molar-refractivity contribution in [2.24, 2.45) is 5.92 Å². The van der Waals surface area contributed by atoms with Crippen LogP contribution in [-0.4, -0.2) is 17.4 Å². The van der Waals surface area contributed by atoms with E-state index in [9.17, 15) is 0 Å². The van der Waals surface area contributed by atoms with Crippen molar-refractivity contribution in [3.63, 3.8) is 0 Å². The second-order valence-corrected chi connectivity index (χ2v) is 3.50. The van der Waals surface area contributed by atoms with Crippen molar-refractivity contribution in [3.8, 4) is 0 Å². The summed E-state index contributed by atoms with van der Waals surface area (Å²) in [6, 6.07) is 0. The first-order chi connectivity index (χ1) is 4.31. The SMILES string of the molecule is C=CC(C)CSCCCl. The molecule has 0 nitrogen and oxygen atoms in total. The van der Waals surface area contributed by atoms with Crippen LogP contribution in [0.3, 0.4) is 0 Å². The van der Waals surface area contributed by atoms with E-state index in [1.54, 1.807) is 0 Å². The third-order valence-electron chi connectivity index (χ3n) is 1.00. The van der Waals surface area contributed by atoms with Gasteiger partial charge in [-0.15, -0.1) is 18.2 Å². The van der Waals surface area contributed by atoms with E-state index in [-0.39, 0.29) is 0 Å². The van der Waals surface area contributed by atoms with Crippen molar-refractivity contribution in [2.45, 2.75) is 6.92 Å². The maximum atomic E-state index is 5.48. The van der Waals surface area contributed by atoms with Crippen LogP contribution in [0.15, 0.2) is 12.7 Å². The summed E-state index contributed by atoms with van der Waals surface area (Å²) in [4.78, 5) is 0. The van der Waals surface area contributed by atoms with E-state index in [2.05, 4.69) is 13.5 Å². The lowest BCUT2D eigenvalue weighted by atomic mass is 10.2. The predicted octanol–water partition coefficient (Wildman–Crippen LogP) is 2.78. The Labute approximate surface area is 66.7 Å². The van der Waals surface area contributed by atoms with Crippen molar-refractivity contribution < 1.29 is 0 Å². The van der Waals surface area contributed by atoms with Crippen LogP contribution in [0.25, 0.3) is 0 Å². The second-order valence-electron chi connectivity index (χ2n) is 1.98. The standard InChI is InChI=1S/C7H13ClS/c1-3-7(2)6-9-5-4-8/h3,7H,1,4-6H2,2H3. The van der Waals surface area contributed by atoms with E-state index in [0.29, 0.717) is 5.92 Å². The first-order valence-corrected chi connectivity index (χ1v) is 4.76. The monoisotopic (exact) mass is 164 g/mol. The Morgan fingerprint density at radius 2 is 2.44 bits per heavy atom. The zero-order valence-electron chi connectivity index (χ0n) is 5.77. The van der Waals surface area contributed by atoms with Crippen molar-refractivity contribution in [3.05, 3.63) is 12.7 Å². The second kappa shape index (κ2) is 6.50. The maximum Gasteiger partial charge on any atom is 0.0314 e. The highest BCUT2D eigenvalue weighted by atomic mass is 35.5. The molecule has 2 heteroatoms. The Bertz CT molecular complexity index is 73.3. The minimum atomic E-state index is 0.623. The number of hydrogen-bond donors (Lipinski definition) is 0. The molecule has 9 heavy (non-hydrogen) atoms. The van der Waals surface area contributed by atoms with E-state index in [4.69, 9.17) is 11.6 Å². The molecule has 1 unspecified atom stereocenters. The van der Waals surface area contributed by atoms with Gasteiger partial charge in [-0.05, 0) is 11.7 Å². The van der Waals surface area contributed by atoms with Crippen LogP contribution in [-0.2, 0) is 0 Å². The molecule has 0 saturated heterocycles. The van der Waals surface area contributed by atoms with Crippen LogP contribution in [0, 0.1) is 5.92 Å². The van der Waals surface area contributed by atoms with Crippen LogP contribution in [0.5, 0.6) is 0 Å². The molecule has 1 atom stereocenters. The molecule has 0 aromatic rings. The molecular formula is C7H13ClS. The smallest absolute Gasteiger partial charge is 0.0314 e. The highest BCUT2D eigenvalue weighted by Gasteiger charge is 1.93. The zero-order valence-corrected chi connectivity index (χ0v) is 7.34. The highest BCUT2D eigenvalue weighted by molar-refractivity contribution is 7.99. The fourth-order valence-corrected chi connectivity index (χ4v) is 1.50. The molecule has 0 rings (SSSR count). The predicted molar refractivity (Wildman–Crippen MR) is 47.4 cm³/mol. The van der Waals surface area contributed by atoms with Crippen LogP contribution in [0.2, 0.25) is 0 Å². The van der Waals surface area contributed by atoms with Gasteiger partial charge in [0.05, 0.1) is 0 Å². The zero-order chi connectivity index (χ0) is 7.11. The molecule has 0 aliphatic heterocycles. The Balaban J connectivity index is 2.96. The summed E-state index contributed by atoms with van der Waals surface area (Å²) in [7, 11) is 0. The molecule has 54 valence electrons. The normalized spacial score (nSPS) is 13.1. The number of rotatable bonds is 5. The highest BCUT2D eigenvalue weighted by Crippen LogP contribution is 2.08. The topological polar surface area (TPSA) is 0 Å². The molecule has 0 radical (unpaired) electrons. The van der Waals surface area contributed by atoms with Gasteiger partial charge in [0.15, 0.2) is 0 Å². The van der Waals surface area contributed by atoms with Gasteiger partial charge in [0.25, 0.3) is 0 Å². The molecule has 0 aromatic carbocycles. The summed E-state index contributed by atoms with van der Waals surface area (Å²) < 4.78 is 0. The molecule has 0 N–H and O–H groups in total. The fourth-order valence-electron chi connectivity index (χ4n) is 0.392. The van der Waals surface area contributed by atoms with Crippen molar-refractivity contribution in [2.75, 3.05) is 17.4 Å². The Morgan fingerprint density at radius 1 is 1.78 bits per heavy atom. The van der Waals surface area contributed by atoms with Crippen molar-refractivity contribution in [1.82, 2.24) is 0 Å². The summed E-state index contributed by atoms with van der Waals surface area (Å²) in [6.45, 7) is 5.85. The van der Waals surface area contributed by atoms with Gasteiger partial charge in [-0.25, -0.2) is 0 Å². The molecule has 0 spiro atoms. The van der Waals surface area contributed by atoms with Gasteiger partial charge in [-0.3, -0.25) is 0 Å². The molecule has 0 aromatic heterocycles. The number of allylic oxidation sites excluding steroid dienone is 1. The average molecular weight is 165 g/mol. The van der Waals surface area contributed by atoms with Crippen LogP contribution >= 0.6 is 23.4 Å². The summed E-state index contributed by atoms with van der Waals surface area (Å²) in [5.74, 6) is 3.59. The van der Waals surface area contributed by atoms with Crippen LogP contribution in [0.1, 0.15) is 6.92 Å². The van der Waals surface area contributed by atoms with E-state index in [1.165, 1.54) is 0 Å². The lowest BCUT2D eigenvalue weighted by Crippen LogP contribution is -1.93. The first-order valence-electron chi connectivity index (χ1n) is 3.07. The summed E-state index contributed by atoms with van der Waals surface area (Å²) in [5.41, 5.74) is 0. The average Bonchev–Trinajstić information content (AvgIpc) is 1.89. The summed E-state index contributed by atoms with van der Waals surface area (Å²) in [6.07, 6.45) is 1.97. The summed E-state index contributed by atoms with van der Waals surface area (Å²) in [5, 5.41) is 0. The van der Waals surface area contributed by atoms with E-state index < -0.39 is 0 Å². The van der Waals surface area contributed by atoms with E-state index in [0.717, 1.165) is 17.4 Å². The lowest BCUT2D eigenvalue weighted by Gasteiger charge is -2.02. The third kappa shape index (κ3) is 6.26. The molecule has 0 amide bonds. The van der Waals surface area contributed by atoms with Gasteiger partial charge < -0.3 is 0 Å². The Morgan fingerprint density at radius 3 is 2.89 bits per heavy atom. The molecule has 0 heterocycles. The molecule has 0 aliphatic carbocycles. The minimum Gasteiger partial charge on any atom is -0.160 e. The number of halogens is 1. The van der Waals surface area contributed by atoms with Gasteiger partial charge in [-0.2, -0.15) is 11.8 Å². The molecule has 0 aliphatic rings. The van der Waals surface area contributed by atoms with Crippen LogP contribution in [0.4, 0.5) is 0 Å². The van der Waals surface area contributed by atoms with Gasteiger partial charge >= 0.3 is 0 Å². The minimum absolute atomic E-state index is 0.623. The Hall–Kier alpha value is 0.380. The van der Waals surface area contributed by atoms with Gasteiger partial charge in [0.2, 0.25) is 0 Å². The molecule has 0 saturated carbocycles. The fraction of sp³-hybridized carbons (Fsp3) is 0.714. The van der Waals surface area contributed by atoms with Crippen molar-refractivity contribution in [1.29, 1.82) is 0 Å². The van der Waals surface area contributed by atoms with Gasteiger partial charge in [0.1, 0.15) is 0 Å². The first kappa shape index (κ1) is 9.38. The van der Waals surface area contributed by atoms with E-state index >= 15 is 0 Å². The molecular weight excluding hydrogens is 152 g/mol. The lowest BCUT2D eigenvalue weighted by molar-refractivity contribution is 0.850. The van der Waals surface area contributed by atoms with Crippen molar-refractivity contribution >= 4 is 23.4 Å².